The maximum absolute atomic E-state index is 16.8. The SMILES string of the molecule is CC(C)N(C[C@](F)(n1cnc2cnc(N)nc21)C(C)(C)O)c1ccncc1C(N)=O. The van der Waals surface area contributed by atoms with Crippen molar-refractivity contribution in [3.8, 4) is 0 Å². The molecule has 0 saturated heterocycles. The Morgan fingerprint density at radius 1 is 1.33 bits per heavy atom. The number of nitrogen functional groups attached to an aromatic ring is 1. The minimum absolute atomic E-state index is 0.0480. The van der Waals surface area contributed by atoms with E-state index in [9.17, 15) is 9.90 Å². The van der Waals surface area contributed by atoms with Gasteiger partial charge in [0, 0.05) is 18.4 Å². The number of halogens is 1. The van der Waals surface area contributed by atoms with Crippen molar-refractivity contribution in [3.63, 3.8) is 0 Å². The molecule has 0 spiro atoms. The van der Waals surface area contributed by atoms with Crippen molar-refractivity contribution in [3.05, 3.63) is 36.5 Å². The monoisotopic (exact) mass is 416 g/mol. The zero-order valence-electron chi connectivity index (χ0n) is 17.2. The number of aromatic nitrogens is 5. The number of alkyl halides is 1. The normalized spacial score (nSPS) is 14.1. The third kappa shape index (κ3) is 3.63. The molecule has 0 bridgehead atoms. The molecular weight excluding hydrogens is 391 g/mol. The van der Waals surface area contributed by atoms with Crippen LogP contribution in [0.4, 0.5) is 16.0 Å². The van der Waals surface area contributed by atoms with Crippen LogP contribution in [0.1, 0.15) is 38.1 Å². The molecule has 0 aliphatic carbocycles. The van der Waals surface area contributed by atoms with Gasteiger partial charge >= 0.3 is 0 Å². The number of aliphatic hydroxyl groups is 1. The first kappa shape index (κ1) is 21.4. The van der Waals surface area contributed by atoms with E-state index in [0.717, 1.165) is 4.57 Å². The van der Waals surface area contributed by atoms with Gasteiger partial charge in [0.25, 0.3) is 5.91 Å². The van der Waals surface area contributed by atoms with Gasteiger partial charge in [0.1, 0.15) is 11.1 Å². The van der Waals surface area contributed by atoms with Gasteiger partial charge in [-0.05, 0) is 33.8 Å². The second kappa shape index (κ2) is 7.48. The van der Waals surface area contributed by atoms with Crippen LogP contribution in [0.25, 0.3) is 11.2 Å². The van der Waals surface area contributed by atoms with E-state index in [1.807, 2.05) is 13.8 Å². The molecule has 1 amide bonds. The number of rotatable bonds is 7. The number of amides is 1. The third-order valence-corrected chi connectivity index (χ3v) is 5.00. The Bertz CT molecular complexity index is 1080. The highest BCUT2D eigenvalue weighted by molar-refractivity contribution is 5.98. The number of hydrogen-bond acceptors (Lipinski definition) is 8. The highest BCUT2D eigenvalue weighted by atomic mass is 19.1. The van der Waals surface area contributed by atoms with Crippen LogP contribution in [0.3, 0.4) is 0 Å². The zero-order valence-corrected chi connectivity index (χ0v) is 17.2. The molecule has 0 fully saturated rings. The van der Waals surface area contributed by atoms with Crippen LogP contribution < -0.4 is 16.4 Å². The smallest absolute Gasteiger partial charge is 0.252 e. The molecule has 3 heterocycles. The number of imidazole rings is 1. The van der Waals surface area contributed by atoms with Crippen molar-refractivity contribution in [1.82, 2.24) is 24.5 Å². The first-order valence-electron chi connectivity index (χ1n) is 9.33. The summed E-state index contributed by atoms with van der Waals surface area (Å²) in [6.45, 7) is 6.03. The van der Waals surface area contributed by atoms with Crippen LogP contribution >= 0.6 is 0 Å². The van der Waals surface area contributed by atoms with Gasteiger partial charge in [-0.3, -0.25) is 14.3 Å². The summed E-state index contributed by atoms with van der Waals surface area (Å²) in [7, 11) is 0. The molecule has 1 atom stereocenters. The summed E-state index contributed by atoms with van der Waals surface area (Å²) in [4.78, 5) is 29.6. The Kier molecular flexibility index (Phi) is 5.33. The van der Waals surface area contributed by atoms with Crippen LogP contribution in [-0.4, -0.2) is 53.7 Å². The summed E-state index contributed by atoms with van der Waals surface area (Å²) < 4.78 is 17.9. The number of hydrogen-bond donors (Lipinski definition) is 3. The molecular formula is C19H25FN8O2. The predicted molar refractivity (Wildman–Crippen MR) is 110 cm³/mol. The lowest BCUT2D eigenvalue weighted by atomic mass is 9.93. The number of carbonyl (C=O) groups is 1. The minimum atomic E-state index is -2.41. The Balaban J connectivity index is 2.18. The standard InChI is InChI=1S/C19H25FN8O2/c1-11(2)27(14-5-6-23-7-12(14)15(21)29)9-19(20,18(3,4)30)28-10-25-13-8-24-17(22)26-16(13)28/h5-8,10-11,30H,9H2,1-4H3,(H2,21,29)(H2,22,24,26)/t19-/m0/s1. The van der Waals surface area contributed by atoms with E-state index in [1.165, 1.54) is 38.8 Å². The van der Waals surface area contributed by atoms with Crippen molar-refractivity contribution >= 4 is 28.7 Å². The molecule has 0 aliphatic rings. The molecule has 0 aliphatic heterocycles. The number of primary amides is 1. The van der Waals surface area contributed by atoms with E-state index in [2.05, 4.69) is 19.9 Å². The molecule has 11 heteroatoms. The van der Waals surface area contributed by atoms with Crippen LogP contribution in [-0.2, 0) is 5.79 Å². The summed E-state index contributed by atoms with van der Waals surface area (Å²) in [6.07, 6.45) is 5.45. The predicted octanol–water partition coefficient (Wildman–Crippen LogP) is 1.21. The molecule has 3 aromatic heterocycles. The number of carbonyl (C=O) groups excluding carboxylic acids is 1. The molecule has 3 rings (SSSR count). The van der Waals surface area contributed by atoms with Gasteiger partial charge < -0.3 is 21.5 Å². The van der Waals surface area contributed by atoms with E-state index in [4.69, 9.17) is 11.5 Å². The first-order chi connectivity index (χ1) is 14.0. The van der Waals surface area contributed by atoms with Crippen molar-refractivity contribution in [2.75, 3.05) is 17.2 Å². The fourth-order valence-corrected chi connectivity index (χ4v) is 3.25. The number of fused-ring (bicyclic) bond motifs is 1. The van der Waals surface area contributed by atoms with Gasteiger partial charge in [0.05, 0.1) is 30.3 Å². The summed E-state index contributed by atoms with van der Waals surface area (Å²) in [5, 5.41) is 10.9. The third-order valence-electron chi connectivity index (χ3n) is 5.00. The average Bonchev–Trinajstić information content (AvgIpc) is 3.08. The van der Waals surface area contributed by atoms with Crippen LogP contribution in [0, 0.1) is 0 Å². The van der Waals surface area contributed by atoms with E-state index in [1.54, 1.807) is 11.0 Å². The number of anilines is 2. The Morgan fingerprint density at radius 2 is 2.03 bits per heavy atom. The Labute approximate surface area is 172 Å². The fourth-order valence-electron chi connectivity index (χ4n) is 3.25. The summed E-state index contributed by atoms with van der Waals surface area (Å²) in [5.74, 6) is -3.15. The molecule has 10 nitrogen and oxygen atoms in total. The van der Waals surface area contributed by atoms with E-state index < -0.39 is 17.3 Å². The fraction of sp³-hybridized carbons (Fsp3) is 0.421. The number of pyridine rings is 1. The molecule has 5 N–H and O–H groups in total. The summed E-state index contributed by atoms with van der Waals surface area (Å²) in [6, 6.07) is 1.33. The molecule has 0 aromatic carbocycles. The topological polar surface area (TPSA) is 149 Å². The molecule has 0 radical (unpaired) electrons. The molecule has 30 heavy (non-hydrogen) atoms. The zero-order chi connectivity index (χ0) is 22.3. The average molecular weight is 416 g/mol. The van der Waals surface area contributed by atoms with E-state index >= 15 is 4.39 Å². The van der Waals surface area contributed by atoms with Crippen LogP contribution in [0.15, 0.2) is 31.0 Å². The largest absolute Gasteiger partial charge is 0.385 e. The first-order valence-corrected chi connectivity index (χ1v) is 9.33. The van der Waals surface area contributed by atoms with Gasteiger partial charge in [0.15, 0.2) is 5.65 Å². The van der Waals surface area contributed by atoms with Crippen LogP contribution in [0.2, 0.25) is 0 Å². The van der Waals surface area contributed by atoms with E-state index in [-0.39, 0.29) is 29.7 Å². The molecule has 3 aromatic rings. The lowest BCUT2D eigenvalue weighted by Crippen LogP contribution is -2.56. The van der Waals surface area contributed by atoms with Crippen molar-refractivity contribution in [2.45, 2.75) is 45.1 Å². The number of nitrogens with zero attached hydrogens (tertiary/aromatic N) is 6. The highest BCUT2D eigenvalue weighted by Crippen LogP contribution is 2.37. The molecule has 0 unspecified atom stereocenters. The highest BCUT2D eigenvalue weighted by Gasteiger charge is 2.49. The van der Waals surface area contributed by atoms with Crippen molar-refractivity contribution < 1.29 is 14.3 Å². The second-order valence-corrected chi connectivity index (χ2v) is 7.85. The van der Waals surface area contributed by atoms with Crippen LogP contribution in [0.5, 0.6) is 0 Å². The summed E-state index contributed by atoms with van der Waals surface area (Å²) >= 11 is 0. The molecule has 160 valence electrons. The van der Waals surface area contributed by atoms with Gasteiger partial charge in [-0.15, -0.1) is 0 Å². The molecule has 0 saturated carbocycles. The lowest BCUT2D eigenvalue weighted by molar-refractivity contribution is -0.123. The van der Waals surface area contributed by atoms with Gasteiger partial charge in [-0.1, -0.05) is 0 Å². The Morgan fingerprint density at radius 3 is 2.63 bits per heavy atom. The minimum Gasteiger partial charge on any atom is -0.385 e. The maximum atomic E-state index is 16.8. The van der Waals surface area contributed by atoms with Gasteiger partial charge in [-0.2, -0.15) is 4.98 Å². The van der Waals surface area contributed by atoms with Gasteiger partial charge in [-0.25, -0.2) is 14.4 Å². The second-order valence-electron chi connectivity index (χ2n) is 7.85. The summed E-state index contributed by atoms with van der Waals surface area (Å²) in [5.41, 5.74) is 10.3. The lowest BCUT2D eigenvalue weighted by Gasteiger charge is -2.43. The van der Waals surface area contributed by atoms with Crippen molar-refractivity contribution in [1.29, 1.82) is 0 Å². The van der Waals surface area contributed by atoms with Gasteiger partial charge in [0.2, 0.25) is 11.7 Å². The quantitative estimate of drug-likeness (QED) is 0.520. The maximum Gasteiger partial charge on any atom is 0.252 e. The number of nitrogens with two attached hydrogens (primary N) is 2. The van der Waals surface area contributed by atoms with E-state index in [0.29, 0.717) is 11.2 Å². The van der Waals surface area contributed by atoms with Crippen molar-refractivity contribution in [2.24, 2.45) is 5.73 Å². The Hall–Kier alpha value is -3.34.